The van der Waals surface area contributed by atoms with Gasteiger partial charge in [0.1, 0.15) is 42.3 Å². The molecule has 0 saturated carbocycles. The molecule has 2 fully saturated rings. The highest BCUT2D eigenvalue weighted by atomic mass is 32.1. The maximum Gasteiger partial charge on any atom is 0.417 e. The summed E-state index contributed by atoms with van der Waals surface area (Å²) in [6.45, 7) is 11.5. The molecule has 4 aromatic carbocycles. The number of thiazole rings is 1. The SMILES string of the molecule is Cc1ncsc1-c1ccc(CNC(=O)[C@@H]2C[C@@H](O)CN2C(=O)[C@@H](NC(=O)c2cccc(OCCOCCOc3ccc(N4C(=S)N(c5ccc(C#N)c(C(F)(F)F)c5)C(=O)C4(C)C)cc3)c2)C(C)(C)C)cc1. The number of aromatic nitrogens is 1. The number of carbonyl (C=O) groups excluding carboxylic acids is 4. The first-order chi connectivity index (χ1) is 34.1. The summed E-state index contributed by atoms with van der Waals surface area (Å²) in [5.74, 6) is -1.09. The van der Waals surface area contributed by atoms with E-state index in [-0.39, 0.29) is 62.3 Å². The van der Waals surface area contributed by atoms with Crippen LogP contribution in [0, 0.1) is 23.7 Å². The minimum atomic E-state index is -4.82. The standard InChI is InChI=1S/C52H54F3N7O8S2/c1-31-43(72-30-58-31)33-12-10-32(11-13-33)28-57-46(65)42-26-38(63)29-60(42)47(66)44(50(2,3)4)59-45(64)34-8-7-9-40(24-34)70-23-21-68-20-22-69-39-18-16-36(17-19-39)62-49(71)61(48(67)51(62,5)6)37-15-14-35(27-56)41(25-37)52(53,54)55/h7-19,24-25,30,38,42,44,63H,20-23,26,28-29H2,1-6H3,(H,57,65)(H,59,64)/t38-,42+,44-/m1/s1. The van der Waals surface area contributed by atoms with Gasteiger partial charge in [-0.1, -0.05) is 51.1 Å². The molecule has 7 rings (SSSR count). The number of likely N-dealkylation sites (tertiary alicyclic amines) is 1. The van der Waals surface area contributed by atoms with Gasteiger partial charge >= 0.3 is 6.18 Å². The summed E-state index contributed by atoms with van der Waals surface area (Å²) in [5.41, 5.74) is 1.52. The Labute approximate surface area is 424 Å². The second-order valence-electron chi connectivity index (χ2n) is 18.8. The average molecular weight is 1030 g/mol. The Balaban J connectivity index is 0.864. The van der Waals surface area contributed by atoms with Crippen molar-refractivity contribution >= 4 is 63.7 Å². The van der Waals surface area contributed by atoms with E-state index in [9.17, 15) is 42.7 Å². The van der Waals surface area contributed by atoms with Crippen molar-refractivity contribution in [3.05, 3.63) is 124 Å². The minimum Gasteiger partial charge on any atom is -0.491 e. The molecule has 0 aliphatic carbocycles. The number of aliphatic hydroxyl groups is 1. The van der Waals surface area contributed by atoms with Crippen molar-refractivity contribution in [3.8, 4) is 28.0 Å². The Hall–Kier alpha value is -6.92. The molecule has 72 heavy (non-hydrogen) atoms. The van der Waals surface area contributed by atoms with Crippen LogP contribution in [0.15, 0.2) is 96.5 Å². The number of amides is 4. The van der Waals surface area contributed by atoms with Gasteiger partial charge in [-0.05, 0) is 110 Å². The van der Waals surface area contributed by atoms with Crippen LogP contribution in [0.25, 0.3) is 10.4 Å². The first kappa shape index (κ1) is 52.9. The highest BCUT2D eigenvalue weighted by Crippen LogP contribution is 2.40. The third-order valence-electron chi connectivity index (χ3n) is 12.2. The molecule has 5 aromatic rings. The fourth-order valence-corrected chi connectivity index (χ4v) is 9.75. The molecule has 20 heteroatoms. The molecule has 2 aliphatic rings. The predicted octanol–water partition coefficient (Wildman–Crippen LogP) is 7.82. The van der Waals surface area contributed by atoms with E-state index in [2.05, 4.69) is 15.6 Å². The monoisotopic (exact) mass is 1030 g/mol. The van der Waals surface area contributed by atoms with Gasteiger partial charge in [-0.15, -0.1) is 11.3 Å². The van der Waals surface area contributed by atoms with Crippen molar-refractivity contribution in [2.24, 2.45) is 5.41 Å². The maximum atomic E-state index is 14.2. The number of anilines is 2. The zero-order valence-electron chi connectivity index (χ0n) is 40.4. The van der Waals surface area contributed by atoms with Crippen LogP contribution in [0.1, 0.15) is 73.8 Å². The number of thiocarbonyl (C=S) groups is 1. The molecule has 2 saturated heterocycles. The smallest absolute Gasteiger partial charge is 0.417 e. The van der Waals surface area contributed by atoms with E-state index in [4.69, 9.17) is 26.4 Å². The summed E-state index contributed by atoms with van der Waals surface area (Å²) in [5, 5.41) is 25.6. The average Bonchev–Trinajstić information content (AvgIpc) is 4.01. The van der Waals surface area contributed by atoms with Crippen LogP contribution in [-0.2, 0) is 31.8 Å². The summed E-state index contributed by atoms with van der Waals surface area (Å²) >= 11 is 7.18. The van der Waals surface area contributed by atoms with Gasteiger partial charge in [-0.25, -0.2) is 4.98 Å². The molecule has 1 aromatic heterocycles. The van der Waals surface area contributed by atoms with Gasteiger partial charge in [-0.2, -0.15) is 18.4 Å². The fraction of sp³-hybridized carbons (Fsp3) is 0.365. The van der Waals surface area contributed by atoms with E-state index in [1.54, 1.807) is 84.1 Å². The molecule has 0 bridgehead atoms. The van der Waals surface area contributed by atoms with Crippen LogP contribution < -0.4 is 29.9 Å². The number of benzene rings is 4. The van der Waals surface area contributed by atoms with Gasteiger partial charge in [-0.3, -0.25) is 24.1 Å². The van der Waals surface area contributed by atoms with Crippen LogP contribution in [0.5, 0.6) is 11.5 Å². The molecule has 15 nitrogen and oxygen atoms in total. The van der Waals surface area contributed by atoms with E-state index >= 15 is 0 Å². The molecular weight excluding hydrogens is 972 g/mol. The fourth-order valence-electron chi connectivity index (χ4n) is 8.41. The third-order valence-corrected chi connectivity index (χ3v) is 13.6. The number of carbonyl (C=O) groups is 4. The Bertz CT molecular complexity index is 2860. The van der Waals surface area contributed by atoms with E-state index in [1.807, 2.05) is 52.0 Å². The number of ether oxygens (including phenoxy) is 3. The minimum absolute atomic E-state index is 0.0298. The summed E-state index contributed by atoms with van der Waals surface area (Å²) in [7, 11) is 0. The van der Waals surface area contributed by atoms with Gasteiger partial charge in [0.25, 0.3) is 11.8 Å². The summed E-state index contributed by atoms with van der Waals surface area (Å²) < 4.78 is 58.6. The number of hydrogen-bond acceptors (Lipinski definition) is 12. The quantitative estimate of drug-likeness (QED) is 0.0607. The molecule has 3 heterocycles. The van der Waals surface area contributed by atoms with E-state index in [1.165, 1.54) is 17.0 Å². The number of nitriles is 1. The third kappa shape index (κ3) is 11.9. The number of rotatable bonds is 17. The van der Waals surface area contributed by atoms with E-state index in [0.717, 1.165) is 38.7 Å². The molecule has 2 aliphatic heterocycles. The molecule has 378 valence electrons. The number of halogens is 3. The summed E-state index contributed by atoms with van der Waals surface area (Å²) in [6, 6.07) is 23.5. The lowest BCUT2D eigenvalue weighted by Crippen LogP contribution is -2.57. The number of aryl methyl sites for hydroxylation is 1. The lowest BCUT2D eigenvalue weighted by molar-refractivity contribution is -0.142. The van der Waals surface area contributed by atoms with Gasteiger partial charge < -0.3 is 39.8 Å². The number of hydrogen-bond donors (Lipinski definition) is 3. The van der Waals surface area contributed by atoms with Crippen molar-refractivity contribution in [1.82, 2.24) is 20.5 Å². The lowest BCUT2D eigenvalue weighted by atomic mass is 9.85. The Morgan fingerprint density at radius 1 is 0.944 bits per heavy atom. The summed E-state index contributed by atoms with van der Waals surface area (Å²) in [6.07, 6.45) is -5.67. The summed E-state index contributed by atoms with van der Waals surface area (Å²) in [4.78, 5) is 64.3. The lowest BCUT2D eigenvalue weighted by Gasteiger charge is -2.35. The van der Waals surface area contributed by atoms with Crippen molar-refractivity contribution in [2.45, 2.75) is 84.4 Å². The van der Waals surface area contributed by atoms with Gasteiger partial charge in [0.2, 0.25) is 11.8 Å². The van der Waals surface area contributed by atoms with Crippen molar-refractivity contribution in [1.29, 1.82) is 5.26 Å². The highest BCUT2D eigenvalue weighted by molar-refractivity contribution is 7.81. The Morgan fingerprint density at radius 3 is 2.24 bits per heavy atom. The van der Waals surface area contributed by atoms with Crippen LogP contribution in [0.4, 0.5) is 24.5 Å². The zero-order valence-corrected chi connectivity index (χ0v) is 42.0. The molecule has 3 atom stereocenters. The Kier molecular flexibility index (Phi) is 16.0. The molecule has 0 radical (unpaired) electrons. The maximum absolute atomic E-state index is 14.2. The van der Waals surface area contributed by atoms with Crippen molar-refractivity contribution < 1.29 is 51.7 Å². The number of nitrogens with one attached hydrogen (secondary N) is 2. The molecule has 0 spiro atoms. The van der Waals surface area contributed by atoms with Gasteiger partial charge in [0.05, 0.1) is 58.3 Å². The largest absolute Gasteiger partial charge is 0.491 e. The number of aliphatic hydroxyl groups excluding tert-OH is 1. The first-order valence-electron chi connectivity index (χ1n) is 23.0. The second kappa shape index (κ2) is 21.8. The molecule has 4 amide bonds. The number of alkyl halides is 3. The first-order valence-corrected chi connectivity index (χ1v) is 24.3. The van der Waals surface area contributed by atoms with Crippen LogP contribution >= 0.6 is 23.6 Å². The topological polar surface area (TPSA) is 187 Å². The number of β-amino-alcohol motifs (C(OH)–C–C–N with tert-alkyl or cyclic N) is 1. The zero-order chi connectivity index (χ0) is 52.1. The Morgan fingerprint density at radius 2 is 1.61 bits per heavy atom. The van der Waals surface area contributed by atoms with Crippen LogP contribution in [0.2, 0.25) is 0 Å². The van der Waals surface area contributed by atoms with Crippen molar-refractivity contribution in [3.63, 3.8) is 0 Å². The predicted molar refractivity (Wildman–Crippen MR) is 268 cm³/mol. The number of nitrogens with zero attached hydrogens (tertiary/aromatic N) is 5. The van der Waals surface area contributed by atoms with Crippen LogP contribution in [0.3, 0.4) is 0 Å². The molecule has 3 N–H and O–H groups in total. The molecular formula is C52H54F3N7O8S2. The second-order valence-corrected chi connectivity index (χ2v) is 20.1. The van der Waals surface area contributed by atoms with Crippen molar-refractivity contribution in [2.75, 3.05) is 42.8 Å². The van der Waals surface area contributed by atoms with Gasteiger partial charge in [0, 0.05) is 30.8 Å². The van der Waals surface area contributed by atoms with E-state index < -0.39 is 70.1 Å². The normalized spacial score (nSPS) is 17.2. The highest BCUT2D eigenvalue weighted by Gasteiger charge is 2.51. The van der Waals surface area contributed by atoms with E-state index in [0.29, 0.717) is 17.2 Å². The van der Waals surface area contributed by atoms with Gasteiger partial charge in [0.15, 0.2) is 5.11 Å². The van der Waals surface area contributed by atoms with Crippen LogP contribution in [-0.4, -0.2) is 100 Å². The molecule has 0 unspecified atom stereocenters.